The average Bonchev–Trinajstić information content (AvgIpc) is 3.67. The van der Waals surface area contributed by atoms with Crippen molar-refractivity contribution in [3.8, 4) is 0 Å². The van der Waals surface area contributed by atoms with Crippen LogP contribution in [0.15, 0.2) is 0 Å². The van der Waals surface area contributed by atoms with Gasteiger partial charge in [-0.05, 0) is 84.3 Å². The van der Waals surface area contributed by atoms with E-state index >= 15 is 0 Å². The molecule has 0 aromatic carbocycles. The summed E-state index contributed by atoms with van der Waals surface area (Å²) in [5, 5.41) is 0. The summed E-state index contributed by atoms with van der Waals surface area (Å²) in [6, 6.07) is 0. The molecule has 0 radical (unpaired) electrons. The van der Waals surface area contributed by atoms with E-state index in [0.717, 1.165) is 0 Å². The molecule has 0 aromatic heterocycles. The molecule has 0 atom stereocenters. The maximum Gasteiger partial charge on any atom is 0.0110 e. The van der Waals surface area contributed by atoms with Gasteiger partial charge in [0.2, 0.25) is 0 Å². The van der Waals surface area contributed by atoms with E-state index in [9.17, 15) is 0 Å². The van der Waals surface area contributed by atoms with Crippen LogP contribution in [0.2, 0.25) is 0 Å². The minimum atomic E-state index is 1.27. The van der Waals surface area contributed by atoms with Crippen LogP contribution in [0.5, 0.6) is 0 Å². The Hall–Kier alpha value is -0.200. The van der Waals surface area contributed by atoms with Crippen LogP contribution in [-0.2, 0) is 0 Å². The van der Waals surface area contributed by atoms with Gasteiger partial charge in [-0.15, -0.1) is 0 Å². The van der Waals surface area contributed by atoms with Gasteiger partial charge < -0.3 is 24.5 Å². The summed E-state index contributed by atoms with van der Waals surface area (Å²) in [6.45, 7) is 31.1. The Morgan fingerprint density at radius 3 is 0.566 bits per heavy atom. The number of hydrogen-bond donors (Lipinski definition) is 0. The van der Waals surface area contributed by atoms with Gasteiger partial charge in [-0.25, -0.2) is 0 Å². The third kappa shape index (κ3) is 53.1. The molecule has 456 valence electrons. The van der Waals surface area contributed by atoms with Crippen molar-refractivity contribution < 1.29 is 0 Å². The minimum absolute atomic E-state index is 1.27. The highest BCUT2D eigenvalue weighted by molar-refractivity contribution is 4.74. The second kappa shape index (κ2) is 62.4. The highest BCUT2D eigenvalue weighted by Crippen LogP contribution is 2.17. The van der Waals surface area contributed by atoms with Crippen molar-refractivity contribution in [3.05, 3.63) is 0 Å². The van der Waals surface area contributed by atoms with Gasteiger partial charge in [0, 0.05) is 52.4 Å². The van der Waals surface area contributed by atoms with Gasteiger partial charge in [0.1, 0.15) is 0 Å². The molecule has 76 heavy (non-hydrogen) atoms. The smallest absolute Gasteiger partial charge is 0.0110 e. The van der Waals surface area contributed by atoms with E-state index in [4.69, 9.17) is 0 Å². The molecule has 0 saturated carbocycles. The van der Waals surface area contributed by atoms with Gasteiger partial charge in [0.05, 0.1) is 0 Å². The fourth-order valence-corrected chi connectivity index (χ4v) is 12.4. The number of unbranched alkanes of at least 4 members (excludes halogenated alkanes) is 45. The lowest BCUT2D eigenvalue weighted by Crippen LogP contribution is -2.42. The number of hydrogen-bond acceptors (Lipinski definition) is 5. The number of rotatable bonds is 64. The molecule has 0 aliphatic carbocycles. The Morgan fingerprint density at radius 2 is 0.355 bits per heavy atom. The predicted molar refractivity (Wildman–Crippen MR) is 346 cm³/mol. The molecule has 1 rings (SSSR count). The molecule has 0 N–H and O–H groups in total. The average molecular weight is 1070 g/mol. The lowest BCUT2D eigenvalue weighted by atomic mass is 10.1. The van der Waals surface area contributed by atoms with Gasteiger partial charge in [0.15, 0.2) is 0 Å². The third-order valence-electron chi connectivity index (χ3n) is 18.0. The van der Waals surface area contributed by atoms with Crippen molar-refractivity contribution in [2.24, 2.45) is 0 Å². The van der Waals surface area contributed by atoms with Crippen molar-refractivity contribution in [1.82, 2.24) is 24.5 Å². The predicted octanol–water partition coefficient (Wildman–Crippen LogP) is 21.5. The first-order chi connectivity index (χ1) is 37.7. The summed E-state index contributed by atoms with van der Waals surface area (Å²) in [6.07, 6.45) is 73.3. The molecule has 1 fully saturated rings. The van der Waals surface area contributed by atoms with E-state index in [0.29, 0.717) is 0 Å². The normalized spacial score (nSPS) is 13.9. The summed E-state index contributed by atoms with van der Waals surface area (Å²) in [5.41, 5.74) is 0. The van der Waals surface area contributed by atoms with E-state index in [1.165, 1.54) is 426 Å². The molecular weight excluding hydrogens is 923 g/mol. The Bertz CT molecular complexity index is 1010. The third-order valence-corrected chi connectivity index (χ3v) is 18.0. The maximum atomic E-state index is 2.94. The van der Waals surface area contributed by atoms with Crippen molar-refractivity contribution in [1.29, 1.82) is 0 Å². The van der Waals surface area contributed by atoms with Crippen LogP contribution >= 0.6 is 0 Å². The van der Waals surface area contributed by atoms with Crippen LogP contribution in [0, 0.1) is 0 Å². The largest absolute Gasteiger partial charge is 0.302 e. The van der Waals surface area contributed by atoms with Crippen molar-refractivity contribution in [2.75, 3.05) is 98.2 Å². The minimum Gasteiger partial charge on any atom is -0.302 e. The summed E-state index contributed by atoms with van der Waals surface area (Å²) in [5.74, 6) is 0. The molecule has 0 spiro atoms. The molecule has 0 amide bonds. The van der Waals surface area contributed by atoms with Gasteiger partial charge >= 0.3 is 0 Å². The molecule has 0 unspecified atom stereocenters. The van der Waals surface area contributed by atoms with E-state index in [1.807, 2.05) is 0 Å². The van der Waals surface area contributed by atoms with Crippen LogP contribution in [-0.4, -0.2) is 123 Å². The van der Waals surface area contributed by atoms with Crippen LogP contribution in [0.3, 0.4) is 0 Å². The fourth-order valence-electron chi connectivity index (χ4n) is 12.4. The Labute approximate surface area is 482 Å². The summed E-state index contributed by atoms with van der Waals surface area (Å²) in [7, 11) is 0. The van der Waals surface area contributed by atoms with E-state index in [1.54, 1.807) is 0 Å². The summed E-state index contributed by atoms with van der Waals surface area (Å²) < 4.78 is 0. The molecular formula is C71H147N5. The first-order valence-electron chi connectivity index (χ1n) is 36.3. The number of nitrogens with zero attached hydrogens (tertiary/aromatic N) is 5. The maximum absolute atomic E-state index is 2.94. The molecule has 0 aromatic rings. The topological polar surface area (TPSA) is 16.2 Å². The Balaban J connectivity index is 2.77. The molecule has 1 heterocycles. The monoisotopic (exact) mass is 1070 g/mol. The van der Waals surface area contributed by atoms with Crippen LogP contribution in [0.1, 0.15) is 362 Å². The molecule has 5 nitrogen and oxygen atoms in total. The zero-order chi connectivity index (χ0) is 54.6. The lowest BCUT2D eigenvalue weighted by Gasteiger charge is -2.30. The molecule has 1 aliphatic rings. The van der Waals surface area contributed by atoms with Gasteiger partial charge in [0.25, 0.3) is 0 Å². The second-order valence-electron chi connectivity index (χ2n) is 25.5. The van der Waals surface area contributed by atoms with Crippen LogP contribution < -0.4 is 0 Å². The van der Waals surface area contributed by atoms with Gasteiger partial charge in [-0.1, -0.05) is 324 Å². The summed E-state index contributed by atoms with van der Waals surface area (Å²) in [4.78, 5) is 14.5. The Kier molecular flexibility index (Phi) is 60.6. The quantitative estimate of drug-likeness (QED) is 0.0563. The standard InChI is InChI=1S/C71H147N5/c1-6-11-16-21-26-31-36-41-46-51-57-72(58-52-47-42-37-32-27-22-17-12-7-2)64-66-74(61-55-50-45-40-35-30-25-20-15-10-5)68-69-76-63-56-62-75(70-71-76)67-65-73(59-53-48-43-38-33-28-23-18-13-8-3)60-54-49-44-39-34-29-24-19-14-9-4/h6-71H2,1-5H3. The molecule has 1 saturated heterocycles. The lowest BCUT2D eigenvalue weighted by molar-refractivity contribution is 0.168. The van der Waals surface area contributed by atoms with E-state index < -0.39 is 0 Å². The van der Waals surface area contributed by atoms with Crippen LogP contribution in [0.4, 0.5) is 0 Å². The van der Waals surface area contributed by atoms with E-state index in [-0.39, 0.29) is 0 Å². The molecule has 5 heteroatoms. The second-order valence-corrected chi connectivity index (χ2v) is 25.5. The highest BCUT2D eigenvalue weighted by atomic mass is 15.3. The highest BCUT2D eigenvalue weighted by Gasteiger charge is 2.18. The fraction of sp³-hybridized carbons (Fsp3) is 1.00. The summed E-state index contributed by atoms with van der Waals surface area (Å²) >= 11 is 0. The SMILES string of the molecule is CCCCCCCCCCCCN(CCCCCCCCCCCC)CCN(CCCCCCCCCCCC)CCN1CCCN(CCN(CCCCCCCCCCCC)CCCCCCCCCCCC)CC1. The Morgan fingerprint density at radius 1 is 0.184 bits per heavy atom. The van der Waals surface area contributed by atoms with Crippen LogP contribution in [0.25, 0.3) is 0 Å². The van der Waals surface area contributed by atoms with Crippen molar-refractivity contribution >= 4 is 0 Å². The van der Waals surface area contributed by atoms with Gasteiger partial charge in [-0.3, -0.25) is 0 Å². The van der Waals surface area contributed by atoms with Crippen molar-refractivity contribution in [2.45, 2.75) is 362 Å². The van der Waals surface area contributed by atoms with Crippen molar-refractivity contribution in [3.63, 3.8) is 0 Å². The zero-order valence-corrected chi connectivity index (χ0v) is 53.9. The molecule has 0 bridgehead atoms. The van der Waals surface area contributed by atoms with E-state index in [2.05, 4.69) is 59.1 Å². The van der Waals surface area contributed by atoms with Gasteiger partial charge in [-0.2, -0.15) is 0 Å². The molecule has 1 aliphatic heterocycles. The first-order valence-corrected chi connectivity index (χ1v) is 36.3. The first kappa shape index (κ1) is 73.8. The zero-order valence-electron chi connectivity index (χ0n) is 53.9.